The molecule has 2 atom stereocenters. The summed E-state index contributed by atoms with van der Waals surface area (Å²) in [6, 6.07) is 4.32. The minimum absolute atomic E-state index is 0. The van der Waals surface area contributed by atoms with E-state index in [9.17, 15) is 9.50 Å². The van der Waals surface area contributed by atoms with Gasteiger partial charge >= 0.3 is 0 Å². The topological polar surface area (TPSA) is 46.2 Å². The van der Waals surface area contributed by atoms with E-state index >= 15 is 0 Å². The highest BCUT2D eigenvalue weighted by atomic mass is 35.5. The average Bonchev–Trinajstić information content (AvgIpc) is 2.28. The number of rotatable bonds is 5. The number of hydrogen-bond donors (Lipinski definition) is 2. The molecule has 0 radical (unpaired) electrons. The molecule has 0 unspecified atom stereocenters. The normalized spacial score (nSPS) is 13.9. The number of aliphatic hydroxyl groups excluding tert-OH is 1. The summed E-state index contributed by atoms with van der Waals surface area (Å²) in [5.74, 6) is -0.237. The van der Waals surface area contributed by atoms with Gasteiger partial charge in [-0.1, -0.05) is 31.9 Å². The van der Waals surface area contributed by atoms with Gasteiger partial charge in [0.25, 0.3) is 0 Å². The van der Waals surface area contributed by atoms with Gasteiger partial charge < -0.3 is 10.8 Å². The first-order valence-electron chi connectivity index (χ1n) is 5.76. The molecule has 0 aliphatic carbocycles. The van der Waals surface area contributed by atoms with Crippen LogP contribution in [0.2, 0.25) is 0 Å². The quantitative estimate of drug-likeness (QED) is 0.856. The molecule has 1 rings (SSSR count). The zero-order valence-corrected chi connectivity index (χ0v) is 11.1. The van der Waals surface area contributed by atoms with Gasteiger partial charge in [0.05, 0.1) is 12.1 Å². The van der Waals surface area contributed by atoms with Crippen molar-refractivity contribution in [1.82, 2.24) is 0 Å². The lowest BCUT2D eigenvalue weighted by Gasteiger charge is -2.19. The van der Waals surface area contributed by atoms with Crippen LogP contribution in [-0.4, -0.2) is 11.2 Å². The van der Waals surface area contributed by atoms with Crippen LogP contribution in [0.15, 0.2) is 18.2 Å². The Morgan fingerprint density at radius 1 is 1.41 bits per heavy atom. The fraction of sp³-hybridized carbons (Fsp3) is 0.538. The van der Waals surface area contributed by atoms with Crippen LogP contribution >= 0.6 is 12.4 Å². The summed E-state index contributed by atoms with van der Waals surface area (Å²) in [4.78, 5) is 0. The van der Waals surface area contributed by atoms with Crippen molar-refractivity contribution in [2.75, 3.05) is 0 Å². The van der Waals surface area contributed by atoms with Crippen LogP contribution in [0.5, 0.6) is 0 Å². The molecule has 2 nitrogen and oxygen atoms in total. The first-order chi connectivity index (χ1) is 7.56. The van der Waals surface area contributed by atoms with E-state index in [-0.39, 0.29) is 18.2 Å². The van der Waals surface area contributed by atoms with E-state index in [1.807, 2.05) is 0 Å². The highest BCUT2D eigenvalue weighted by Gasteiger charge is 2.16. The van der Waals surface area contributed by atoms with Gasteiger partial charge in [-0.15, -0.1) is 12.4 Å². The van der Waals surface area contributed by atoms with E-state index in [1.165, 1.54) is 6.07 Å². The van der Waals surface area contributed by atoms with E-state index in [4.69, 9.17) is 5.73 Å². The SMILES string of the molecule is CCCC[C@@H](O)[C@@H](N)c1ccc(F)c(C)c1.Cl. The Kier molecular flexibility index (Phi) is 7.35. The predicted octanol–water partition coefficient (Wildman–Crippen LogP) is 3.11. The molecule has 3 N–H and O–H groups in total. The summed E-state index contributed by atoms with van der Waals surface area (Å²) in [7, 11) is 0. The third kappa shape index (κ3) is 4.62. The van der Waals surface area contributed by atoms with Crippen molar-refractivity contribution in [3.05, 3.63) is 35.1 Å². The predicted molar refractivity (Wildman–Crippen MR) is 70.8 cm³/mol. The molecule has 1 aromatic rings. The van der Waals surface area contributed by atoms with E-state index in [0.29, 0.717) is 12.0 Å². The smallest absolute Gasteiger partial charge is 0.126 e. The van der Waals surface area contributed by atoms with Gasteiger partial charge in [-0.25, -0.2) is 4.39 Å². The summed E-state index contributed by atoms with van der Waals surface area (Å²) in [5.41, 5.74) is 7.29. The number of benzene rings is 1. The molecule has 0 saturated heterocycles. The summed E-state index contributed by atoms with van der Waals surface area (Å²) in [5, 5.41) is 9.84. The van der Waals surface area contributed by atoms with Crippen molar-refractivity contribution in [3.8, 4) is 0 Å². The number of hydrogen-bond acceptors (Lipinski definition) is 2. The van der Waals surface area contributed by atoms with Crippen LogP contribution in [0.3, 0.4) is 0 Å². The highest BCUT2D eigenvalue weighted by Crippen LogP contribution is 2.20. The number of aliphatic hydroxyl groups is 1. The molecule has 0 aliphatic heterocycles. The van der Waals surface area contributed by atoms with Gasteiger partial charge in [0.2, 0.25) is 0 Å². The van der Waals surface area contributed by atoms with Crippen LogP contribution in [0, 0.1) is 12.7 Å². The summed E-state index contributed by atoms with van der Waals surface area (Å²) < 4.78 is 13.1. The van der Waals surface area contributed by atoms with Crippen molar-refractivity contribution >= 4 is 12.4 Å². The van der Waals surface area contributed by atoms with E-state index < -0.39 is 12.1 Å². The van der Waals surface area contributed by atoms with Gasteiger partial charge in [0.15, 0.2) is 0 Å². The lowest BCUT2D eigenvalue weighted by Crippen LogP contribution is -2.26. The fourth-order valence-electron chi connectivity index (χ4n) is 1.69. The maximum Gasteiger partial charge on any atom is 0.126 e. The van der Waals surface area contributed by atoms with Gasteiger partial charge in [-0.2, -0.15) is 0 Å². The summed E-state index contributed by atoms with van der Waals surface area (Å²) in [6.07, 6.45) is 2.12. The van der Waals surface area contributed by atoms with Crippen molar-refractivity contribution < 1.29 is 9.50 Å². The minimum Gasteiger partial charge on any atom is -0.391 e. The first-order valence-corrected chi connectivity index (χ1v) is 5.76. The zero-order chi connectivity index (χ0) is 12.1. The molecule has 0 bridgehead atoms. The highest BCUT2D eigenvalue weighted by molar-refractivity contribution is 5.85. The van der Waals surface area contributed by atoms with E-state index in [1.54, 1.807) is 19.1 Å². The van der Waals surface area contributed by atoms with Crippen LogP contribution in [0.25, 0.3) is 0 Å². The maximum absolute atomic E-state index is 13.1. The van der Waals surface area contributed by atoms with Crippen LogP contribution < -0.4 is 5.73 Å². The molecule has 0 heterocycles. The van der Waals surface area contributed by atoms with Gasteiger partial charge in [-0.05, 0) is 30.5 Å². The largest absolute Gasteiger partial charge is 0.391 e. The zero-order valence-electron chi connectivity index (χ0n) is 10.3. The number of unbranched alkanes of at least 4 members (excludes halogenated alkanes) is 1. The molecular weight excluding hydrogens is 241 g/mol. The summed E-state index contributed by atoms with van der Waals surface area (Å²) in [6.45, 7) is 3.77. The molecule has 98 valence electrons. The number of halogens is 2. The van der Waals surface area contributed by atoms with Gasteiger partial charge in [-0.3, -0.25) is 0 Å². The van der Waals surface area contributed by atoms with Crippen LogP contribution in [-0.2, 0) is 0 Å². The molecule has 4 heteroatoms. The van der Waals surface area contributed by atoms with Crippen LogP contribution in [0.4, 0.5) is 4.39 Å². The molecule has 0 amide bonds. The molecule has 0 aromatic heterocycles. The van der Waals surface area contributed by atoms with Gasteiger partial charge in [0, 0.05) is 0 Å². The lowest BCUT2D eigenvalue weighted by molar-refractivity contribution is 0.132. The monoisotopic (exact) mass is 261 g/mol. The molecule has 17 heavy (non-hydrogen) atoms. The molecule has 0 aliphatic rings. The second-order valence-corrected chi connectivity index (χ2v) is 4.24. The first kappa shape index (κ1) is 16.4. The standard InChI is InChI=1S/C13H20FNO.ClH/c1-3-4-5-12(16)13(15)10-6-7-11(14)9(2)8-10;/h6-8,12-13,16H,3-5,15H2,1-2H3;1H/t12-,13+;/m1./s1. The molecule has 0 fully saturated rings. The Balaban J connectivity index is 0.00000256. The molecular formula is C13H21ClFNO. The second-order valence-electron chi connectivity index (χ2n) is 4.24. The average molecular weight is 262 g/mol. The third-order valence-corrected chi connectivity index (χ3v) is 2.83. The second kappa shape index (κ2) is 7.64. The Labute approximate surface area is 108 Å². The van der Waals surface area contributed by atoms with Crippen molar-refractivity contribution in [2.45, 2.75) is 45.3 Å². The third-order valence-electron chi connectivity index (χ3n) is 2.83. The number of nitrogens with two attached hydrogens (primary N) is 1. The van der Waals surface area contributed by atoms with Crippen molar-refractivity contribution in [3.63, 3.8) is 0 Å². The Morgan fingerprint density at radius 2 is 2.06 bits per heavy atom. The van der Waals surface area contributed by atoms with Crippen molar-refractivity contribution in [2.24, 2.45) is 5.73 Å². The Morgan fingerprint density at radius 3 is 2.59 bits per heavy atom. The Bertz CT molecular complexity index is 346. The minimum atomic E-state index is -0.551. The maximum atomic E-state index is 13.1. The number of aryl methyl sites for hydroxylation is 1. The van der Waals surface area contributed by atoms with Crippen molar-refractivity contribution in [1.29, 1.82) is 0 Å². The van der Waals surface area contributed by atoms with Crippen LogP contribution in [0.1, 0.15) is 43.4 Å². The van der Waals surface area contributed by atoms with E-state index in [0.717, 1.165) is 18.4 Å². The Hall–Kier alpha value is -0.640. The molecule has 0 saturated carbocycles. The lowest BCUT2D eigenvalue weighted by atomic mass is 9.97. The van der Waals surface area contributed by atoms with E-state index in [2.05, 4.69) is 6.92 Å². The molecule has 0 spiro atoms. The summed E-state index contributed by atoms with van der Waals surface area (Å²) >= 11 is 0. The van der Waals surface area contributed by atoms with Gasteiger partial charge in [0.1, 0.15) is 5.82 Å². The molecule has 1 aromatic carbocycles. The fourth-order valence-corrected chi connectivity index (χ4v) is 1.69.